The van der Waals surface area contributed by atoms with Gasteiger partial charge in [-0.15, -0.1) is 11.8 Å². The van der Waals surface area contributed by atoms with Gasteiger partial charge in [-0.25, -0.2) is 0 Å². The van der Waals surface area contributed by atoms with Crippen molar-refractivity contribution in [3.63, 3.8) is 0 Å². The lowest BCUT2D eigenvalue weighted by Crippen LogP contribution is -2.47. The predicted molar refractivity (Wildman–Crippen MR) is 71.7 cm³/mol. The molecule has 2 heterocycles. The summed E-state index contributed by atoms with van der Waals surface area (Å²) in [6, 6.07) is 8.80. The van der Waals surface area contributed by atoms with Crippen molar-refractivity contribution < 1.29 is 4.74 Å². The molecule has 2 aliphatic heterocycles. The van der Waals surface area contributed by atoms with E-state index in [1.807, 2.05) is 11.8 Å². The molecule has 3 rings (SSSR count). The van der Waals surface area contributed by atoms with Gasteiger partial charge in [-0.3, -0.25) is 0 Å². The fraction of sp³-hybridized carbons (Fsp3) is 0.571. The smallest absolute Gasteiger partial charge is 0.0554 e. The third-order valence-electron chi connectivity index (χ3n) is 3.64. The van der Waals surface area contributed by atoms with Crippen molar-refractivity contribution in [1.29, 1.82) is 0 Å². The van der Waals surface area contributed by atoms with Gasteiger partial charge in [0.05, 0.1) is 13.2 Å². The molecule has 1 aromatic rings. The number of rotatable bonds is 4. The summed E-state index contributed by atoms with van der Waals surface area (Å²) in [4.78, 5) is 1.47. The van der Waals surface area contributed by atoms with E-state index in [9.17, 15) is 0 Å². The SMILES string of the molecule is CC1(CNCC2CSc3ccccc32)COC1. The Labute approximate surface area is 107 Å². The Morgan fingerprint density at radius 2 is 2.24 bits per heavy atom. The molecule has 2 aliphatic rings. The molecule has 0 spiro atoms. The summed E-state index contributed by atoms with van der Waals surface area (Å²) in [5.74, 6) is 1.90. The molecule has 1 atom stereocenters. The van der Waals surface area contributed by atoms with Gasteiger partial charge in [-0.2, -0.15) is 0 Å². The van der Waals surface area contributed by atoms with Crippen molar-refractivity contribution in [3.05, 3.63) is 29.8 Å². The van der Waals surface area contributed by atoms with Crippen LogP contribution in [0.25, 0.3) is 0 Å². The first-order valence-corrected chi connectivity index (χ1v) is 7.26. The van der Waals surface area contributed by atoms with E-state index in [1.54, 1.807) is 0 Å². The van der Waals surface area contributed by atoms with Gasteiger partial charge in [0.15, 0.2) is 0 Å². The van der Waals surface area contributed by atoms with E-state index in [2.05, 4.69) is 36.5 Å². The third kappa shape index (κ3) is 2.37. The normalized spacial score (nSPS) is 25.4. The number of nitrogens with one attached hydrogen (secondary N) is 1. The van der Waals surface area contributed by atoms with Crippen LogP contribution in [0.4, 0.5) is 0 Å². The van der Waals surface area contributed by atoms with Crippen LogP contribution in [0.3, 0.4) is 0 Å². The topological polar surface area (TPSA) is 21.3 Å². The maximum atomic E-state index is 5.27. The largest absolute Gasteiger partial charge is 0.380 e. The maximum Gasteiger partial charge on any atom is 0.0554 e. The third-order valence-corrected chi connectivity index (χ3v) is 4.89. The number of fused-ring (bicyclic) bond motifs is 1. The maximum absolute atomic E-state index is 5.27. The molecule has 2 nitrogen and oxygen atoms in total. The Kier molecular flexibility index (Phi) is 3.16. The van der Waals surface area contributed by atoms with Crippen LogP contribution >= 0.6 is 11.8 Å². The first kappa shape index (κ1) is 11.6. The van der Waals surface area contributed by atoms with E-state index in [0.29, 0.717) is 11.3 Å². The Morgan fingerprint density at radius 3 is 3.00 bits per heavy atom. The van der Waals surface area contributed by atoms with E-state index in [0.717, 1.165) is 26.3 Å². The van der Waals surface area contributed by atoms with E-state index in [1.165, 1.54) is 16.2 Å². The molecule has 0 aliphatic carbocycles. The first-order chi connectivity index (χ1) is 8.27. The fourth-order valence-corrected chi connectivity index (χ4v) is 3.75. The second-order valence-corrected chi connectivity index (χ2v) is 6.54. The molecule has 1 aromatic carbocycles. The summed E-state index contributed by atoms with van der Waals surface area (Å²) in [5, 5.41) is 3.62. The molecule has 0 radical (unpaired) electrons. The number of thioether (sulfide) groups is 1. The average molecular weight is 249 g/mol. The van der Waals surface area contributed by atoms with Crippen molar-refractivity contribution in [1.82, 2.24) is 5.32 Å². The molecular weight excluding hydrogens is 230 g/mol. The molecule has 0 bridgehead atoms. The van der Waals surface area contributed by atoms with Crippen molar-refractivity contribution in [2.24, 2.45) is 5.41 Å². The standard InChI is InChI=1S/C14H19NOS/c1-14(9-16-10-14)8-15-6-11-7-17-13-5-3-2-4-12(11)13/h2-5,11,15H,6-10H2,1H3. The van der Waals surface area contributed by atoms with Crippen molar-refractivity contribution in [2.75, 3.05) is 32.1 Å². The van der Waals surface area contributed by atoms with Gasteiger partial charge in [-0.1, -0.05) is 25.1 Å². The van der Waals surface area contributed by atoms with E-state index < -0.39 is 0 Å². The highest BCUT2D eigenvalue weighted by Gasteiger charge is 2.33. The summed E-state index contributed by atoms with van der Waals surface area (Å²) >= 11 is 1.99. The minimum absolute atomic E-state index is 0.380. The van der Waals surface area contributed by atoms with Crippen LogP contribution < -0.4 is 5.32 Å². The highest BCUT2D eigenvalue weighted by Crippen LogP contribution is 2.38. The number of hydrogen-bond acceptors (Lipinski definition) is 3. The quantitative estimate of drug-likeness (QED) is 0.886. The lowest BCUT2D eigenvalue weighted by atomic mass is 9.88. The molecule has 92 valence electrons. The van der Waals surface area contributed by atoms with Gasteiger partial charge in [-0.05, 0) is 11.6 Å². The minimum Gasteiger partial charge on any atom is -0.380 e. The molecular formula is C14H19NOS. The Balaban J connectivity index is 1.53. The zero-order valence-corrected chi connectivity index (χ0v) is 11.1. The van der Waals surface area contributed by atoms with Crippen LogP contribution in [-0.4, -0.2) is 32.1 Å². The first-order valence-electron chi connectivity index (χ1n) is 6.27. The fourth-order valence-electron chi connectivity index (χ4n) is 2.50. The van der Waals surface area contributed by atoms with E-state index in [-0.39, 0.29) is 0 Å². The molecule has 3 heteroatoms. The monoisotopic (exact) mass is 249 g/mol. The lowest BCUT2D eigenvalue weighted by molar-refractivity contribution is -0.0989. The van der Waals surface area contributed by atoms with Crippen LogP contribution in [0.1, 0.15) is 18.4 Å². The molecule has 1 unspecified atom stereocenters. The Bertz CT molecular complexity index is 403. The van der Waals surface area contributed by atoms with Gasteiger partial charge in [0.2, 0.25) is 0 Å². The summed E-state index contributed by atoms with van der Waals surface area (Å²) in [6.07, 6.45) is 0. The average Bonchev–Trinajstić information content (AvgIpc) is 2.71. The number of ether oxygens (including phenoxy) is 1. The zero-order valence-electron chi connectivity index (χ0n) is 10.2. The van der Waals surface area contributed by atoms with Crippen LogP contribution in [0.15, 0.2) is 29.2 Å². The highest BCUT2D eigenvalue weighted by molar-refractivity contribution is 7.99. The van der Waals surface area contributed by atoms with Gasteiger partial charge < -0.3 is 10.1 Å². The Hall–Kier alpha value is -0.510. The molecule has 0 aromatic heterocycles. The summed E-state index contributed by atoms with van der Waals surface area (Å²) in [6.45, 7) is 6.29. The van der Waals surface area contributed by atoms with Gasteiger partial charge in [0.25, 0.3) is 0 Å². The number of hydrogen-bond donors (Lipinski definition) is 1. The van der Waals surface area contributed by atoms with Crippen molar-refractivity contribution in [3.8, 4) is 0 Å². The molecule has 0 amide bonds. The lowest BCUT2D eigenvalue weighted by Gasteiger charge is -2.38. The van der Waals surface area contributed by atoms with Crippen LogP contribution in [0.2, 0.25) is 0 Å². The number of benzene rings is 1. The van der Waals surface area contributed by atoms with Crippen LogP contribution in [0, 0.1) is 5.41 Å². The minimum atomic E-state index is 0.380. The molecule has 1 saturated heterocycles. The van der Waals surface area contributed by atoms with Gasteiger partial charge >= 0.3 is 0 Å². The van der Waals surface area contributed by atoms with Gasteiger partial charge in [0, 0.05) is 35.1 Å². The van der Waals surface area contributed by atoms with Crippen LogP contribution in [0.5, 0.6) is 0 Å². The second-order valence-electron chi connectivity index (χ2n) is 5.48. The molecule has 17 heavy (non-hydrogen) atoms. The molecule has 1 N–H and O–H groups in total. The summed E-state index contributed by atoms with van der Waals surface area (Å²) in [7, 11) is 0. The van der Waals surface area contributed by atoms with Crippen molar-refractivity contribution >= 4 is 11.8 Å². The van der Waals surface area contributed by atoms with Crippen LogP contribution in [-0.2, 0) is 4.74 Å². The summed E-state index contributed by atoms with van der Waals surface area (Å²) in [5.41, 5.74) is 1.91. The molecule has 0 saturated carbocycles. The highest BCUT2D eigenvalue weighted by atomic mass is 32.2. The van der Waals surface area contributed by atoms with Crippen molar-refractivity contribution in [2.45, 2.75) is 17.7 Å². The van der Waals surface area contributed by atoms with E-state index >= 15 is 0 Å². The predicted octanol–water partition coefficient (Wildman–Crippen LogP) is 2.50. The zero-order chi connectivity index (χ0) is 11.7. The second kappa shape index (κ2) is 4.63. The molecule has 1 fully saturated rings. The Morgan fingerprint density at radius 1 is 1.41 bits per heavy atom. The van der Waals surface area contributed by atoms with Gasteiger partial charge in [0.1, 0.15) is 0 Å². The summed E-state index contributed by atoms with van der Waals surface area (Å²) < 4.78 is 5.27. The van der Waals surface area contributed by atoms with E-state index in [4.69, 9.17) is 4.74 Å².